The summed E-state index contributed by atoms with van der Waals surface area (Å²) in [5.41, 5.74) is 2.07. The second kappa shape index (κ2) is 5.36. The molecule has 0 radical (unpaired) electrons. The summed E-state index contributed by atoms with van der Waals surface area (Å²) in [7, 11) is 1.75. The van der Waals surface area contributed by atoms with E-state index in [0.717, 1.165) is 16.5 Å². The van der Waals surface area contributed by atoms with Gasteiger partial charge in [0, 0.05) is 30.2 Å². The number of esters is 1. The molecular weight excluding hydrogens is 334 g/mol. The van der Waals surface area contributed by atoms with E-state index in [1.807, 2.05) is 36.4 Å². The van der Waals surface area contributed by atoms with Gasteiger partial charge in [0.05, 0.1) is 11.9 Å². The SMILES string of the molecule is Cn1c(=O)c(C2CC(=O)Oc3cc4c(cc32)OCO4)cc2ccccc21. The third-order valence-electron chi connectivity index (χ3n) is 5.01. The fourth-order valence-corrected chi connectivity index (χ4v) is 3.72. The summed E-state index contributed by atoms with van der Waals surface area (Å²) in [6, 6.07) is 13.0. The lowest BCUT2D eigenvalue weighted by molar-refractivity contribution is -0.135. The Morgan fingerprint density at radius 3 is 2.58 bits per heavy atom. The number of rotatable bonds is 1. The maximum absolute atomic E-state index is 13.0. The lowest BCUT2D eigenvalue weighted by atomic mass is 9.86. The lowest BCUT2D eigenvalue weighted by Gasteiger charge is -2.25. The predicted molar refractivity (Wildman–Crippen MR) is 93.8 cm³/mol. The van der Waals surface area contributed by atoms with Crippen LogP contribution in [0.25, 0.3) is 10.9 Å². The maximum Gasteiger partial charge on any atom is 0.312 e. The standard InChI is InChI=1S/C20H15NO5/c1-21-15-5-3-2-4-11(15)6-14(20(21)23)12-8-19(22)26-16-9-18-17(7-13(12)16)24-10-25-18/h2-7,9,12H,8,10H2,1H3. The number of carbonyl (C=O) groups excluding carboxylic acids is 1. The van der Waals surface area contributed by atoms with Gasteiger partial charge in [0.1, 0.15) is 5.75 Å². The van der Waals surface area contributed by atoms with E-state index in [2.05, 4.69) is 0 Å². The smallest absolute Gasteiger partial charge is 0.312 e. The number of ether oxygens (including phenoxy) is 3. The molecule has 2 aliphatic heterocycles. The number of aromatic nitrogens is 1. The molecule has 130 valence electrons. The fourth-order valence-electron chi connectivity index (χ4n) is 3.72. The minimum absolute atomic E-state index is 0.111. The van der Waals surface area contributed by atoms with Gasteiger partial charge in [-0.2, -0.15) is 0 Å². The molecule has 0 saturated heterocycles. The summed E-state index contributed by atoms with van der Waals surface area (Å²) in [6.07, 6.45) is 0.111. The van der Waals surface area contributed by atoms with E-state index in [9.17, 15) is 9.59 Å². The number of para-hydroxylation sites is 1. The number of carbonyl (C=O) groups is 1. The number of hydrogen-bond donors (Lipinski definition) is 0. The molecule has 0 bridgehead atoms. The highest BCUT2D eigenvalue weighted by atomic mass is 16.7. The van der Waals surface area contributed by atoms with Gasteiger partial charge in [-0.05, 0) is 23.6 Å². The van der Waals surface area contributed by atoms with Crippen molar-refractivity contribution in [3.8, 4) is 17.2 Å². The van der Waals surface area contributed by atoms with Crippen LogP contribution < -0.4 is 19.8 Å². The van der Waals surface area contributed by atoms with Crippen molar-refractivity contribution in [3.63, 3.8) is 0 Å². The summed E-state index contributed by atoms with van der Waals surface area (Å²) >= 11 is 0. The molecule has 3 heterocycles. The van der Waals surface area contributed by atoms with Crippen LogP contribution in [0, 0.1) is 0 Å². The Bertz CT molecular complexity index is 1130. The van der Waals surface area contributed by atoms with Gasteiger partial charge in [-0.25, -0.2) is 0 Å². The molecule has 6 nitrogen and oxygen atoms in total. The molecule has 1 aromatic heterocycles. The first kappa shape index (κ1) is 15.0. The van der Waals surface area contributed by atoms with E-state index in [1.54, 1.807) is 17.7 Å². The van der Waals surface area contributed by atoms with Crippen molar-refractivity contribution in [1.29, 1.82) is 0 Å². The van der Waals surface area contributed by atoms with Crippen LogP contribution in [0.15, 0.2) is 47.3 Å². The highest BCUT2D eigenvalue weighted by Gasteiger charge is 2.33. The number of aryl methyl sites for hydroxylation is 1. The molecule has 0 spiro atoms. The average molecular weight is 349 g/mol. The molecule has 3 aromatic rings. The van der Waals surface area contributed by atoms with Crippen LogP contribution in [0.4, 0.5) is 0 Å². The molecule has 0 aliphatic carbocycles. The van der Waals surface area contributed by atoms with E-state index in [1.165, 1.54) is 0 Å². The van der Waals surface area contributed by atoms with Crippen LogP contribution in [-0.2, 0) is 11.8 Å². The zero-order valence-electron chi connectivity index (χ0n) is 14.0. The summed E-state index contributed by atoms with van der Waals surface area (Å²) in [5, 5.41) is 0.950. The number of fused-ring (bicyclic) bond motifs is 3. The molecular formula is C20H15NO5. The largest absolute Gasteiger partial charge is 0.454 e. The monoisotopic (exact) mass is 349 g/mol. The van der Waals surface area contributed by atoms with Gasteiger partial charge >= 0.3 is 5.97 Å². The third kappa shape index (κ3) is 2.12. The molecule has 1 unspecified atom stereocenters. The first-order valence-corrected chi connectivity index (χ1v) is 8.35. The second-order valence-electron chi connectivity index (χ2n) is 6.50. The average Bonchev–Trinajstić information content (AvgIpc) is 3.09. The summed E-state index contributed by atoms with van der Waals surface area (Å²) in [6.45, 7) is 0.134. The van der Waals surface area contributed by atoms with E-state index in [-0.39, 0.29) is 30.7 Å². The van der Waals surface area contributed by atoms with Crippen molar-refractivity contribution in [2.75, 3.05) is 6.79 Å². The summed E-state index contributed by atoms with van der Waals surface area (Å²) in [5.74, 6) is 0.819. The molecule has 1 atom stereocenters. The maximum atomic E-state index is 13.0. The predicted octanol–water partition coefficient (Wildman–Crippen LogP) is 2.71. The van der Waals surface area contributed by atoms with Crippen molar-refractivity contribution >= 4 is 16.9 Å². The van der Waals surface area contributed by atoms with E-state index in [4.69, 9.17) is 14.2 Å². The third-order valence-corrected chi connectivity index (χ3v) is 5.01. The normalized spacial score (nSPS) is 17.9. The van der Waals surface area contributed by atoms with E-state index < -0.39 is 0 Å². The molecule has 5 rings (SSSR count). The lowest BCUT2D eigenvalue weighted by Crippen LogP contribution is -2.28. The van der Waals surface area contributed by atoms with Crippen LogP contribution in [0.2, 0.25) is 0 Å². The van der Waals surface area contributed by atoms with Gasteiger partial charge in [0.25, 0.3) is 5.56 Å². The second-order valence-corrected chi connectivity index (χ2v) is 6.50. The van der Waals surface area contributed by atoms with Gasteiger partial charge in [-0.3, -0.25) is 9.59 Å². The molecule has 0 N–H and O–H groups in total. The van der Waals surface area contributed by atoms with E-state index in [0.29, 0.717) is 22.8 Å². The van der Waals surface area contributed by atoms with Crippen molar-refractivity contribution < 1.29 is 19.0 Å². The molecule has 26 heavy (non-hydrogen) atoms. The molecule has 2 aliphatic rings. The van der Waals surface area contributed by atoms with Crippen molar-refractivity contribution in [2.24, 2.45) is 7.05 Å². The van der Waals surface area contributed by atoms with Crippen molar-refractivity contribution in [1.82, 2.24) is 4.57 Å². The zero-order valence-corrected chi connectivity index (χ0v) is 14.0. The zero-order chi connectivity index (χ0) is 17.8. The highest BCUT2D eigenvalue weighted by Crippen LogP contribution is 2.45. The van der Waals surface area contributed by atoms with Gasteiger partial charge in [0.15, 0.2) is 11.5 Å². The molecule has 0 saturated carbocycles. The van der Waals surface area contributed by atoms with Gasteiger partial charge in [-0.15, -0.1) is 0 Å². The number of nitrogens with zero attached hydrogens (tertiary/aromatic N) is 1. The van der Waals surface area contributed by atoms with E-state index >= 15 is 0 Å². The molecule has 2 aromatic carbocycles. The Balaban J connectivity index is 1.75. The van der Waals surface area contributed by atoms with Crippen LogP contribution in [0.1, 0.15) is 23.5 Å². The number of benzene rings is 2. The van der Waals surface area contributed by atoms with Gasteiger partial charge < -0.3 is 18.8 Å². The first-order chi connectivity index (χ1) is 12.6. The van der Waals surface area contributed by atoms with Gasteiger partial charge in [-0.1, -0.05) is 18.2 Å². The van der Waals surface area contributed by atoms with Crippen LogP contribution in [-0.4, -0.2) is 17.3 Å². The minimum atomic E-state index is -0.385. The van der Waals surface area contributed by atoms with Crippen molar-refractivity contribution in [2.45, 2.75) is 12.3 Å². The van der Waals surface area contributed by atoms with Crippen LogP contribution in [0.5, 0.6) is 17.2 Å². The summed E-state index contributed by atoms with van der Waals surface area (Å²) < 4.78 is 17.8. The van der Waals surface area contributed by atoms with Crippen molar-refractivity contribution in [3.05, 3.63) is 63.9 Å². The highest BCUT2D eigenvalue weighted by molar-refractivity contribution is 5.82. The number of pyridine rings is 1. The van der Waals surface area contributed by atoms with Crippen LogP contribution >= 0.6 is 0 Å². The Morgan fingerprint density at radius 1 is 0.962 bits per heavy atom. The van der Waals surface area contributed by atoms with Gasteiger partial charge in [0.2, 0.25) is 6.79 Å². The fraction of sp³-hybridized carbons (Fsp3) is 0.200. The Hall–Kier alpha value is -3.28. The first-order valence-electron chi connectivity index (χ1n) is 8.35. The quantitative estimate of drug-likeness (QED) is 0.499. The number of hydrogen-bond acceptors (Lipinski definition) is 5. The molecule has 0 amide bonds. The molecule has 0 fully saturated rings. The summed E-state index contributed by atoms with van der Waals surface area (Å²) in [4.78, 5) is 25.2. The molecule has 6 heteroatoms. The van der Waals surface area contributed by atoms with Crippen LogP contribution in [0.3, 0.4) is 0 Å². The minimum Gasteiger partial charge on any atom is -0.454 e. The topological polar surface area (TPSA) is 66.8 Å². The Labute approximate surface area is 148 Å². The Kier molecular flexibility index (Phi) is 3.09. The Morgan fingerprint density at radius 2 is 1.73 bits per heavy atom.